The van der Waals surface area contributed by atoms with Gasteiger partial charge in [0.05, 0.1) is 17.1 Å². The van der Waals surface area contributed by atoms with Gasteiger partial charge in [-0.05, 0) is 35.4 Å². The normalized spacial score (nSPS) is 18.9. The van der Waals surface area contributed by atoms with Gasteiger partial charge in [-0.1, -0.05) is 18.7 Å². The maximum atomic E-state index is 14.3. The number of hydrogen-bond acceptors (Lipinski definition) is 7. The highest BCUT2D eigenvalue weighted by molar-refractivity contribution is 6.54. The molecule has 1 saturated heterocycles. The SMILES string of the molecule is C=C/C(=C\C=C(/N)N1CCNCC1)C1=CC2=C(N=C2C(=O)c2c(F)ccc(N)c2F)NC1. The number of aliphatic imine (C=N–C) groups is 1. The van der Waals surface area contributed by atoms with Crippen molar-refractivity contribution in [3.63, 3.8) is 0 Å². The number of ketones is 1. The maximum absolute atomic E-state index is 14.3. The number of piperazine rings is 1. The molecule has 1 aromatic carbocycles. The fourth-order valence-corrected chi connectivity index (χ4v) is 3.73. The van der Waals surface area contributed by atoms with E-state index in [-0.39, 0.29) is 11.4 Å². The van der Waals surface area contributed by atoms with Gasteiger partial charge in [0.25, 0.3) is 0 Å². The number of Topliss-reactive ketones (excluding diaryl/α,β-unsaturated/α-hetero) is 1. The Morgan fingerprint density at radius 3 is 2.69 bits per heavy atom. The molecule has 3 aliphatic rings. The van der Waals surface area contributed by atoms with Crippen LogP contribution in [0, 0.1) is 11.6 Å². The lowest BCUT2D eigenvalue weighted by Crippen LogP contribution is -2.44. The summed E-state index contributed by atoms with van der Waals surface area (Å²) in [5.74, 6) is -1.76. The topological polar surface area (TPSA) is 109 Å². The average Bonchev–Trinajstić information content (AvgIpc) is 2.79. The van der Waals surface area contributed by atoms with Crippen LogP contribution < -0.4 is 22.1 Å². The van der Waals surface area contributed by atoms with Gasteiger partial charge in [0.1, 0.15) is 17.3 Å². The summed E-state index contributed by atoms with van der Waals surface area (Å²) in [7, 11) is 0. The molecular formula is C23H24F2N6O. The average molecular weight is 438 g/mol. The van der Waals surface area contributed by atoms with E-state index in [0.717, 1.165) is 49.5 Å². The monoisotopic (exact) mass is 438 g/mol. The molecule has 0 saturated carbocycles. The standard InChI is InChI=1S/C23H24F2N6O/c1-2-13(3-6-18(27)31-9-7-28-8-10-31)14-11-15-21(30-23(15)29-12-14)22(32)19-16(24)4-5-17(26)20(19)25/h2-6,11,28H,1,7-10,12,26-27H2,(H,29,30)/b13-3+,18-6+. The van der Waals surface area contributed by atoms with E-state index in [0.29, 0.717) is 23.8 Å². The molecule has 7 nitrogen and oxygen atoms in total. The Hall–Kier alpha value is -3.72. The molecule has 1 aromatic rings. The van der Waals surface area contributed by atoms with Crippen molar-refractivity contribution in [2.45, 2.75) is 0 Å². The van der Waals surface area contributed by atoms with Crippen LogP contribution in [0.15, 0.2) is 76.4 Å². The summed E-state index contributed by atoms with van der Waals surface area (Å²) in [4.78, 5) is 19.0. The molecule has 0 bridgehead atoms. The van der Waals surface area contributed by atoms with Gasteiger partial charge in [-0.2, -0.15) is 0 Å². The zero-order chi connectivity index (χ0) is 22.8. The lowest BCUT2D eigenvalue weighted by atomic mass is 9.90. The van der Waals surface area contributed by atoms with Crippen LogP contribution in [-0.4, -0.2) is 49.1 Å². The Balaban J connectivity index is 1.56. The molecule has 9 heteroatoms. The Labute approximate surface area is 184 Å². The molecule has 166 valence electrons. The number of carbonyl (C=O) groups excluding carboxylic acids is 1. The van der Waals surface area contributed by atoms with E-state index < -0.39 is 23.0 Å². The Morgan fingerprint density at radius 1 is 1.22 bits per heavy atom. The van der Waals surface area contributed by atoms with Crippen molar-refractivity contribution in [3.8, 4) is 0 Å². The van der Waals surface area contributed by atoms with Gasteiger partial charge in [-0.25, -0.2) is 13.8 Å². The van der Waals surface area contributed by atoms with Gasteiger partial charge in [0.15, 0.2) is 5.82 Å². The van der Waals surface area contributed by atoms with Gasteiger partial charge < -0.3 is 27.0 Å². The van der Waals surface area contributed by atoms with Gasteiger partial charge in [0.2, 0.25) is 5.78 Å². The Morgan fingerprint density at radius 2 is 1.97 bits per heavy atom. The minimum atomic E-state index is -1.08. The number of nitrogen functional groups attached to an aromatic ring is 1. The molecule has 1 fully saturated rings. The van der Waals surface area contributed by atoms with Crippen molar-refractivity contribution in [1.82, 2.24) is 15.5 Å². The molecule has 0 aromatic heterocycles. The number of dihydropyridines is 1. The number of allylic oxidation sites excluding steroid dienone is 5. The van der Waals surface area contributed by atoms with Crippen LogP contribution in [-0.2, 0) is 0 Å². The molecule has 0 amide bonds. The van der Waals surface area contributed by atoms with E-state index in [1.54, 1.807) is 12.2 Å². The van der Waals surface area contributed by atoms with E-state index in [2.05, 4.69) is 27.1 Å². The summed E-state index contributed by atoms with van der Waals surface area (Å²) >= 11 is 0. The molecule has 0 atom stereocenters. The summed E-state index contributed by atoms with van der Waals surface area (Å²) in [5, 5.41) is 6.39. The molecular weight excluding hydrogens is 414 g/mol. The molecule has 4 rings (SSSR count). The number of nitrogens with zero attached hydrogens (tertiary/aromatic N) is 2. The van der Waals surface area contributed by atoms with E-state index >= 15 is 0 Å². The first kappa shape index (κ1) is 21.5. The zero-order valence-electron chi connectivity index (χ0n) is 17.4. The third-order valence-electron chi connectivity index (χ3n) is 5.57. The van der Waals surface area contributed by atoms with Crippen LogP contribution in [0.5, 0.6) is 0 Å². The quantitative estimate of drug-likeness (QED) is 0.306. The van der Waals surface area contributed by atoms with Crippen LogP contribution in [0.4, 0.5) is 14.5 Å². The van der Waals surface area contributed by atoms with Crippen molar-refractivity contribution >= 4 is 17.2 Å². The first-order valence-electron chi connectivity index (χ1n) is 10.2. The van der Waals surface area contributed by atoms with E-state index in [9.17, 15) is 13.6 Å². The van der Waals surface area contributed by atoms with Crippen molar-refractivity contribution < 1.29 is 13.6 Å². The second-order valence-corrected chi connectivity index (χ2v) is 7.56. The fourth-order valence-electron chi connectivity index (χ4n) is 3.73. The van der Waals surface area contributed by atoms with Crippen molar-refractivity contribution in [2.24, 2.45) is 10.7 Å². The maximum Gasteiger partial charge on any atom is 0.218 e. The number of halogens is 2. The van der Waals surface area contributed by atoms with Gasteiger partial charge in [-0.15, -0.1) is 0 Å². The van der Waals surface area contributed by atoms with Gasteiger partial charge in [0, 0.05) is 38.3 Å². The largest absolute Gasteiger partial charge is 0.396 e. The summed E-state index contributed by atoms with van der Waals surface area (Å²) < 4.78 is 28.5. The lowest BCUT2D eigenvalue weighted by molar-refractivity contribution is 0.105. The zero-order valence-corrected chi connectivity index (χ0v) is 17.4. The number of rotatable bonds is 6. The molecule has 6 N–H and O–H groups in total. The minimum Gasteiger partial charge on any atom is -0.396 e. The summed E-state index contributed by atoms with van der Waals surface area (Å²) in [5.41, 5.74) is 12.8. The van der Waals surface area contributed by atoms with Crippen LogP contribution in [0.2, 0.25) is 0 Å². The molecule has 3 heterocycles. The first-order chi connectivity index (χ1) is 15.4. The number of anilines is 1. The molecule has 0 aliphatic carbocycles. The first-order valence-corrected chi connectivity index (χ1v) is 10.2. The van der Waals surface area contributed by atoms with Crippen molar-refractivity contribution in [1.29, 1.82) is 0 Å². The smallest absolute Gasteiger partial charge is 0.218 e. The fraction of sp³-hybridized carbons (Fsp3) is 0.217. The highest BCUT2D eigenvalue weighted by Crippen LogP contribution is 2.30. The summed E-state index contributed by atoms with van der Waals surface area (Å²) in [6.07, 6.45) is 7.15. The Bertz CT molecular complexity index is 1140. The molecule has 0 unspecified atom stereocenters. The van der Waals surface area contributed by atoms with E-state index in [4.69, 9.17) is 11.5 Å². The predicted octanol–water partition coefficient (Wildman–Crippen LogP) is 1.74. The number of carbonyl (C=O) groups is 1. The van der Waals surface area contributed by atoms with Crippen LogP contribution >= 0.6 is 0 Å². The second kappa shape index (κ2) is 8.80. The summed E-state index contributed by atoms with van der Waals surface area (Å²) in [6, 6.07) is 2.05. The van der Waals surface area contributed by atoms with Crippen molar-refractivity contribution in [3.05, 3.63) is 88.6 Å². The van der Waals surface area contributed by atoms with E-state index in [1.165, 1.54) is 0 Å². The Kier molecular flexibility index (Phi) is 5.91. The molecule has 3 aliphatic heterocycles. The van der Waals surface area contributed by atoms with Gasteiger partial charge in [-0.3, -0.25) is 4.79 Å². The lowest BCUT2D eigenvalue weighted by Gasteiger charge is -2.29. The van der Waals surface area contributed by atoms with Crippen LogP contribution in [0.3, 0.4) is 0 Å². The number of benzene rings is 1. The third-order valence-corrected chi connectivity index (χ3v) is 5.57. The number of hydrogen-bond donors (Lipinski definition) is 4. The van der Waals surface area contributed by atoms with E-state index in [1.807, 2.05) is 12.2 Å². The highest BCUT2D eigenvalue weighted by Gasteiger charge is 2.33. The van der Waals surface area contributed by atoms with Crippen LogP contribution in [0.25, 0.3) is 0 Å². The van der Waals surface area contributed by atoms with Crippen LogP contribution in [0.1, 0.15) is 10.4 Å². The molecule has 0 radical (unpaired) electrons. The third kappa shape index (κ3) is 3.94. The number of nitrogens with two attached hydrogens (primary N) is 2. The highest BCUT2D eigenvalue weighted by atomic mass is 19.1. The minimum absolute atomic E-state index is 0.0209. The second-order valence-electron chi connectivity index (χ2n) is 7.56. The summed E-state index contributed by atoms with van der Waals surface area (Å²) in [6.45, 7) is 7.75. The van der Waals surface area contributed by atoms with Gasteiger partial charge >= 0.3 is 0 Å². The molecule has 0 spiro atoms. The predicted molar refractivity (Wildman–Crippen MR) is 121 cm³/mol. The molecule has 32 heavy (non-hydrogen) atoms. The van der Waals surface area contributed by atoms with Crippen molar-refractivity contribution in [2.75, 3.05) is 38.5 Å². The number of nitrogens with one attached hydrogen (secondary N) is 2.